The SMILES string of the molecule is O=c1c(=NC2=Cc3sc4c(sc5cc(N=c6c(=O)c7ccccc7c6=O)sc54)c3C23CCCCC3)c(=O)c2ccccc12. The van der Waals surface area contributed by atoms with Crippen molar-refractivity contribution in [3.63, 3.8) is 0 Å². The van der Waals surface area contributed by atoms with Crippen molar-refractivity contribution in [1.29, 1.82) is 0 Å². The van der Waals surface area contributed by atoms with E-state index in [-0.39, 0.29) is 37.8 Å². The van der Waals surface area contributed by atoms with Crippen LogP contribution >= 0.6 is 34.0 Å². The van der Waals surface area contributed by atoms with Crippen LogP contribution in [0.1, 0.15) is 42.5 Å². The number of fused-ring (bicyclic) bond motifs is 8. The zero-order chi connectivity index (χ0) is 29.0. The molecule has 3 heterocycles. The molecule has 0 amide bonds. The van der Waals surface area contributed by atoms with E-state index in [4.69, 9.17) is 4.99 Å². The van der Waals surface area contributed by atoms with Gasteiger partial charge in [-0.25, -0.2) is 9.98 Å². The summed E-state index contributed by atoms with van der Waals surface area (Å²) >= 11 is 4.93. The van der Waals surface area contributed by atoms with Crippen LogP contribution in [0.4, 0.5) is 5.00 Å². The van der Waals surface area contributed by atoms with E-state index in [2.05, 4.69) is 11.1 Å². The highest BCUT2D eigenvalue weighted by molar-refractivity contribution is 7.39. The maximum absolute atomic E-state index is 13.2. The molecule has 0 radical (unpaired) electrons. The predicted octanol–water partition coefficient (Wildman–Crippen LogP) is 6.07. The third-order valence-electron chi connectivity index (χ3n) is 9.09. The van der Waals surface area contributed by atoms with Gasteiger partial charge in [-0.2, -0.15) is 0 Å². The molecule has 1 saturated carbocycles. The summed E-state index contributed by atoms with van der Waals surface area (Å²) < 4.78 is 4.59. The highest BCUT2D eigenvalue weighted by atomic mass is 32.1. The molecule has 9 rings (SSSR count). The average molecular weight is 617 g/mol. The number of hydrogen-bond acceptors (Lipinski definition) is 9. The monoisotopic (exact) mass is 616 g/mol. The van der Waals surface area contributed by atoms with Crippen LogP contribution in [0.3, 0.4) is 0 Å². The van der Waals surface area contributed by atoms with Crippen LogP contribution in [-0.2, 0) is 5.41 Å². The Kier molecular flexibility index (Phi) is 5.25. The lowest BCUT2D eigenvalue weighted by Gasteiger charge is -2.35. The lowest BCUT2D eigenvalue weighted by atomic mass is 9.70. The van der Waals surface area contributed by atoms with Gasteiger partial charge < -0.3 is 0 Å². The Morgan fingerprint density at radius 2 is 1.16 bits per heavy atom. The highest BCUT2D eigenvalue weighted by Gasteiger charge is 2.46. The van der Waals surface area contributed by atoms with Crippen molar-refractivity contribution in [1.82, 2.24) is 0 Å². The second-order valence-corrected chi connectivity index (χ2v) is 14.5. The summed E-state index contributed by atoms with van der Waals surface area (Å²) in [5.41, 5.74) is 0.568. The average Bonchev–Trinajstić information content (AvgIpc) is 3.82. The minimum Gasteiger partial charge on any atom is -0.287 e. The normalized spacial score (nSPS) is 16.1. The predicted molar refractivity (Wildman–Crippen MR) is 176 cm³/mol. The smallest absolute Gasteiger partial charge is 0.216 e. The van der Waals surface area contributed by atoms with E-state index in [9.17, 15) is 19.2 Å². The third-order valence-corrected chi connectivity index (χ3v) is 12.8. The lowest BCUT2D eigenvalue weighted by Crippen LogP contribution is -2.35. The largest absolute Gasteiger partial charge is 0.287 e. The topological polar surface area (TPSA) is 93.0 Å². The molecule has 208 valence electrons. The van der Waals surface area contributed by atoms with Gasteiger partial charge in [0.05, 0.1) is 19.8 Å². The van der Waals surface area contributed by atoms with Crippen molar-refractivity contribution in [2.45, 2.75) is 37.5 Å². The molecule has 6 nitrogen and oxygen atoms in total. The van der Waals surface area contributed by atoms with E-state index in [1.807, 2.05) is 6.07 Å². The van der Waals surface area contributed by atoms with Gasteiger partial charge in [0.2, 0.25) is 21.7 Å². The van der Waals surface area contributed by atoms with Crippen molar-refractivity contribution in [2.24, 2.45) is 9.98 Å². The molecule has 3 aromatic heterocycles. The maximum atomic E-state index is 13.2. The molecule has 4 aromatic carbocycles. The van der Waals surface area contributed by atoms with Crippen LogP contribution in [-0.4, -0.2) is 0 Å². The van der Waals surface area contributed by atoms with Crippen LogP contribution < -0.4 is 32.4 Å². The van der Waals surface area contributed by atoms with E-state index in [1.165, 1.54) is 26.3 Å². The van der Waals surface area contributed by atoms with Crippen LogP contribution in [0.25, 0.3) is 46.4 Å². The van der Waals surface area contributed by atoms with E-state index in [0.717, 1.165) is 52.1 Å². The maximum Gasteiger partial charge on any atom is 0.216 e. The van der Waals surface area contributed by atoms with Crippen molar-refractivity contribution < 1.29 is 0 Å². The fourth-order valence-electron chi connectivity index (χ4n) is 7.10. The first kappa shape index (κ1) is 25.3. The van der Waals surface area contributed by atoms with Gasteiger partial charge >= 0.3 is 0 Å². The number of hydrogen-bond donors (Lipinski definition) is 0. The molecular weight excluding hydrogens is 597 g/mol. The molecule has 0 atom stereocenters. The van der Waals surface area contributed by atoms with Gasteiger partial charge in [-0.3, -0.25) is 19.2 Å². The van der Waals surface area contributed by atoms with Crippen molar-refractivity contribution in [2.75, 3.05) is 0 Å². The molecule has 0 N–H and O–H groups in total. The molecule has 1 spiro atoms. The summed E-state index contributed by atoms with van der Waals surface area (Å²) in [5, 5.41) is 2.34. The third kappa shape index (κ3) is 3.38. The van der Waals surface area contributed by atoms with Gasteiger partial charge in [-0.15, -0.1) is 34.0 Å². The summed E-state index contributed by atoms with van der Waals surface area (Å²) in [7, 11) is 0. The molecule has 0 saturated heterocycles. The minimum absolute atomic E-state index is 0.0222. The number of thiophene rings is 3. The minimum atomic E-state index is -0.321. The second-order valence-electron chi connectivity index (χ2n) is 11.4. The van der Waals surface area contributed by atoms with Crippen LogP contribution in [0.2, 0.25) is 0 Å². The highest BCUT2D eigenvalue weighted by Crippen LogP contribution is 2.59. The van der Waals surface area contributed by atoms with E-state index < -0.39 is 0 Å². The van der Waals surface area contributed by atoms with Crippen LogP contribution in [0, 0.1) is 0 Å². The second kappa shape index (κ2) is 8.92. The number of rotatable bonds is 2. The summed E-state index contributed by atoms with van der Waals surface area (Å²) in [4.78, 5) is 62.8. The Balaban J connectivity index is 1.23. The standard InChI is InChI=1S/C34H20N2O4S3/c37-27-16-8-2-3-9-17(16)28(38)25(27)35-22-14-20-24(34(22)12-6-1-7-13-34)32-33(41-20)31-21(42-32)15-23(43-31)36-26-29(39)18-10-4-5-11-19(18)30(26)40/h2-5,8-11,14-15H,1,6-7,12-13H2. The van der Waals surface area contributed by atoms with Gasteiger partial charge in [0.25, 0.3) is 0 Å². The zero-order valence-corrected chi connectivity index (χ0v) is 25.0. The Bertz CT molecular complexity index is 2600. The molecule has 0 unspecified atom stereocenters. The zero-order valence-electron chi connectivity index (χ0n) is 22.6. The van der Waals surface area contributed by atoms with Gasteiger partial charge in [0, 0.05) is 42.1 Å². The van der Waals surface area contributed by atoms with E-state index in [1.54, 1.807) is 71.2 Å². The number of benzene rings is 2. The molecule has 2 aliphatic rings. The fourth-order valence-corrected chi connectivity index (χ4v) is 11.4. The Hall–Kier alpha value is -4.18. The van der Waals surface area contributed by atoms with Gasteiger partial charge in [-0.05, 0) is 25.0 Å². The van der Waals surface area contributed by atoms with Gasteiger partial charge in [-0.1, -0.05) is 67.8 Å². The van der Waals surface area contributed by atoms with E-state index >= 15 is 0 Å². The van der Waals surface area contributed by atoms with Crippen LogP contribution in [0.15, 0.2) is 89.5 Å². The van der Waals surface area contributed by atoms with Crippen molar-refractivity contribution in [3.8, 4) is 0 Å². The molecule has 43 heavy (non-hydrogen) atoms. The summed E-state index contributed by atoms with van der Waals surface area (Å²) in [6, 6.07) is 15.8. The number of nitrogens with zero attached hydrogens (tertiary/aromatic N) is 2. The Morgan fingerprint density at radius 1 is 0.605 bits per heavy atom. The molecule has 2 aliphatic carbocycles. The fraction of sp³-hybridized carbons (Fsp3) is 0.176. The first-order valence-electron chi connectivity index (χ1n) is 14.2. The van der Waals surface area contributed by atoms with Gasteiger partial charge in [0.15, 0.2) is 10.7 Å². The summed E-state index contributed by atoms with van der Waals surface area (Å²) in [6.07, 6.45) is 7.24. The van der Waals surface area contributed by atoms with Crippen molar-refractivity contribution in [3.05, 3.63) is 122 Å². The Morgan fingerprint density at radius 3 is 1.74 bits per heavy atom. The first-order chi connectivity index (χ1) is 20.9. The number of allylic oxidation sites excluding steroid dienone is 1. The molecule has 7 aromatic rings. The van der Waals surface area contributed by atoms with Gasteiger partial charge in [0.1, 0.15) is 5.00 Å². The molecule has 0 bridgehead atoms. The van der Waals surface area contributed by atoms with E-state index in [0.29, 0.717) is 26.5 Å². The first-order valence-corrected chi connectivity index (χ1v) is 16.7. The molecule has 1 fully saturated rings. The quantitative estimate of drug-likeness (QED) is 0.236. The Labute approximate surface area is 254 Å². The molecular formula is C34H20N2O4S3. The van der Waals surface area contributed by atoms with Crippen molar-refractivity contribution >= 4 is 85.4 Å². The summed E-state index contributed by atoms with van der Waals surface area (Å²) in [6.45, 7) is 0. The molecule has 0 aliphatic heterocycles. The van der Waals surface area contributed by atoms with Crippen LogP contribution in [0.5, 0.6) is 0 Å². The lowest BCUT2D eigenvalue weighted by molar-refractivity contribution is 0.345. The molecule has 9 heteroatoms. The summed E-state index contributed by atoms with van der Waals surface area (Å²) in [5.74, 6) is 0.